The first-order valence-corrected chi connectivity index (χ1v) is 8.07. The third-order valence-corrected chi connectivity index (χ3v) is 3.35. The summed E-state index contributed by atoms with van der Waals surface area (Å²) >= 11 is 0. The van der Waals surface area contributed by atoms with Crippen molar-refractivity contribution in [3.05, 3.63) is 12.2 Å². The van der Waals surface area contributed by atoms with Crippen LogP contribution in [0.3, 0.4) is 0 Å². The van der Waals surface area contributed by atoms with E-state index in [4.69, 9.17) is 4.74 Å². The molecule has 0 atom stereocenters. The monoisotopic (exact) mass is 268 g/mol. The molecule has 0 aliphatic carbocycles. The molecule has 0 aliphatic heterocycles. The van der Waals surface area contributed by atoms with Crippen LogP contribution in [-0.4, -0.2) is 12.6 Å². The molecule has 2 nitrogen and oxygen atoms in total. The fourth-order valence-corrected chi connectivity index (χ4v) is 2.02. The molecule has 0 bridgehead atoms. The predicted octanol–water partition coefficient (Wildman–Crippen LogP) is 5.42. The number of carbonyl (C=O) groups excluding carboxylic acids is 1. The fourth-order valence-electron chi connectivity index (χ4n) is 2.02. The molecule has 0 saturated heterocycles. The number of ether oxygens (including phenoxy) is 1. The van der Waals surface area contributed by atoms with E-state index in [-0.39, 0.29) is 5.97 Å². The quantitative estimate of drug-likeness (QED) is 0.253. The Morgan fingerprint density at radius 1 is 0.842 bits per heavy atom. The van der Waals surface area contributed by atoms with E-state index in [1.165, 1.54) is 44.9 Å². The Labute approximate surface area is 119 Å². The number of hydrogen-bond donors (Lipinski definition) is 0. The summed E-state index contributed by atoms with van der Waals surface area (Å²) in [5.41, 5.74) is 0.644. The molecule has 0 fully saturated rings. The highest BCUT2D eigenvalue weighted by atomic mass is 16.5. The Kier molecular flexibility index (Phi) is 13.1. The lowest BCUT2D eigenvalue weighted by Gasteiger charge is -2.07. The van der Waals surface area contributed by atoms with Crippen LogP contribution in [0, 0.1) is 0 Å². The Morgan fingerprint density at radius 3 is 2.00 bits per heavy atom. The summed E-state index contributed by atoms with van der Waals surface area (Å²) in [6, 6.07) is 0. The molecule has 0 unspecified atom stereocenters. The molecule has 0 aromatic rings. The van der Waals surface area contributed by atoms with Crippen LogP contribution in [-0.2, 0) is 9.53 Å². The standard InChI is InChI=1S/C17H32O2/c1-4-6-8-10-11-12-14-16(3)17(18)19-15-13-9-7-5-2/h3-15H2,1-2H3. The molecule has 0 N–H and O–H groups in total. The van der Waals surface area contributed by atoms with E-state index in [2.05, 4.69) is 20.4 Å². The molecule has 2 heteroatoms. The van der Waals surface area contributed by atoms with Gasteiger partial charge in [0.25, 0.3) is 0 Å². The minimum atomic E-state index is -0.190. The average molecular weight is 268 g/mol. The molecular formula is C17H32O2. The molecule has 0 spiro atoms. The maximum atomic E-state index is 11.6. The van der Waals surface area contributed by atoms with Crippen LogP contribution in [0.25, 0.3) is 0 Å². The molecule has 0 aromatic carbocycles. The van der Waals surface area contributed by atoms with Gasteiger partial charge in [-0.1, -0.05) is 71.8 Å². The van der Waals surface area contributed by atoms with Crippen LogP contribution in [0.1, 0.15) is 84.5 Å². The average Bonchev–Trinajstić information content (AvgIpc) is 2.42. The van der Waals surface area contributed by atoms with E-state index in [0.29, 0.717) is 12.2 Å². The first kappa shape index (κ1) is 18.2. The SMILES string of the molecule is C=C(CCCCCCCC)C(=O)OCCCCCC. The number of carbonyl (C=O) groups is 1. The minimum Gasteiger partial charge on any atom is -0.462 e. The van der Waals surface area contributed by atoms with Crippen molar-refractivity contribution in [1.82, 2.24) is 0 Å². The zero-order valence-corrected chi connectivity index (χ0v) is 13.0. The molecule has 0 saturated carbocycles. The van der Waals surface area contributed by atoms with Gasteiger partial charge in [-0.25, -0.2) is 4.79 Å². The van der Waals surface area contributed by atoms with E-state index in [1.807, 2.05) is 0 Å². The summed E-state index contributed by atoms with van der Waals surface area (Å²) in [7, 11) is 0. The Balaban J connectivity index is 3.41. The van der Waals surface area contributed by atoms with Gasteiger partial charge >= 0.3 is 5.97 Å². The van der Waals surface area contributed by atoms with E-state index in [9.17, 15) is 4.79 Å². The topological polar surface area (TPSA) is 26.3 Å². The van der Waals surface area contributed by atoms with Crippen molar-refractivity contribution < 1.29 is 9.53 Å². The third kappa shape index (κ3) is 12.0. The van der Waals surface area contributed by atoms with Gasteiger partial charge in [-0.15, -0.1) is 0 Å². The summed E-state index contributed by atoms with van der Waals surface area (Å²) in [5.74, 6) is -0.190. The first-order chi connectivity index (χ1) is 9.22. The molecule has 112 valence electrons. The highest BCUT2D eigenvalue weighted by molar-refractivity contribution is 5.87. The van der Waals surface area contributed by atoms with Gasteiger partial charge in [0.05, 0.1) is 6.61 Å². The van der Waals surface area contributed by atoms with Crippen LogP contribution < -0.4 is 0 Å². The molecule has 0 radical (unpaired) electrons. The van der Waals surface area contributed by atoms with Crippen LogP contribution in [0.15, 0.2) is 12.2 Å². The van der Waals surface area contributed by atoms with Gasteiger partial charge in [-0.3, -0.25) is 0 Å². The number of esters is 1. The van der Waals surface area contributed by atoms with E-state index < -0.39 is 0 Å². The van der Waals surface area contributed by atoms with E-state index in [0.717, 1.165) is 25.7 Å². The fraction of sp³-hybridized carbons (Fsp3) is 0.824. The van der Waals surface area contributed by atoms with Crippen molar-refractivity contribution in [2.75, 3.05) is 6.61 Å². The highest BCUT2D eigenvalue weighted by Gasteiger charge is 2.07. The molecule has 0 amide bonds. The van der Waals surface area contributed by atoms with Crippen LogP contribution in [0.4, 0.5) is 0 Å². The summed E-state index contributed by atoms with van der Waals surface area (Å²) in [4.78, 5) is 11.6. The third-order valence-electron chi connectivity index (χ3n) is 3.35. The van der Waals surface area contributed by atoms with Gasteiger partial charge in [0.2, 0.25) is 0 Å². The van der Waals surface area contributed by atoms with Crippen molar-refractivity contribution in [2.24, 2.45) is 0 Å². The minimum absolute atomic E-state index is 0.190. The summed E-state index contributed by atoms with van der Waals surface area (Å²) in [6.45, 7) is 8.77. The molecule has 19 heavy (non-hydrogen) atoms. The maximum absolute atomic E-state index is 11.6. The smallest absolute Gasteiger partial charge is 0.333 e. The number of hydrogen-bond acceptors (Lipinski definition) is 2. The second-order valence-corrected chi connectivity index (χ2v) is 5.32. The highest BCUT2D eigenvalue weighted by Crippen LogP contribution is 2.12. The van der Waals surface area contributed by atoms with Crippen LogP contribution in [0.2, 0.25) is 0 Å². The molecule has 0 rings (SSSR count). The van der Waals surface area contributed by atoms with Crippen molar-refractivity contribution in [2.45, 2.75) is 84.5 Å². The van der Waals surface area contributed by atoms with Gasteiger partial charge in [0.1, 0.15) is 0 Å². The van der Waals surface area contributed by atoms with Crippen LogP contribution in [0.5, 0.6) is 0 Å². The predicted molar refractivity (Wildman–Crippen MR) is 82.2 cm³/mol. The van der Waals surface area contributed by atoms with Crippen molar-refractivity contribution in [3.8, 4) is 0 Å². The van der Waals surface area contributed by atoms with Gasteiger partial charge in [-0.2, -0.15) is 0 Å². The second kappa shape index (κ2) is 13.6. The van der Waals surface area contributed by atoms with Gasteiger partial charge in [0, 0.05) is 5.57 Å². The first-order valence-electron chi connectivity index (χ1n) is 8.07. The lowest BCUT2D eigenvalue weighted by molar-refractivity contribution is -0.139. The van der Waals surface area contributed by atoms with Crippen molar-refractivity contribution in [1.29, 1.82) is 0 Å². The van der Waals surface area contributed by atoms with Gasteiger partial charge in [-0.05, 0) is 19.3 Å². The Hall–Kier alpha value is -0.790. The van der Waals surface area contributed by atoms with Crippen LogP contribution >= 0.6 is 0 Å². The molecule has 0 heterocycles. The van der Waals surface area contributed by atoms with Crippen molar-refractivity contribution in [3.63, 3.8) is 0 Å². The zero-order chi connectivity index (χ0) is 14.3. The molecular weight excluding hydrogens is 236 g/mol. The van der Waals surface area contributed by atoms with Gasteiger partial charge in [0.15, 0.2) is 0 Å². The lowest BCUT2D eigenvalue weighted by atomic mass is 10.1. The maximum Gasteiger partial charge on any atom is 0.333 e. The number of unbranched alkanes of at least 4 members (excludes halogenated alkanes) is 8. The summed E-state index contributed by atoms with van der Waals surface area (Å²) in [5, 5.41) is 0. The number of rotatable bonds is 13. The van der Waals surface area contributed by atoms with E-state index >= 15 is 0 Å². The van der Waals surface area contributed by atoms with E-state index in [1.54, 1.807) is 0 Å². The molecule has 0 aromatic heterocycles. The molecule has 0 aliphatic rings. The summed E-state index contributed by atoms with van der Waals surface area (Å²) < 4.78 is 5.21. The lowest BCUT2D eigenvalue weighted by Crippen LogP contribution is -2.08. The van der Waals surface area contributed by atoms with Gasteiger partial charge < -0.3 is 4.74 Å². The zero-order valence-electron chi connectivity index (χ0n) is 13.0. The summed E-state index contributed by atoms with van der Waals surface area (Å²) in [6.07, 6.45) is 12.8. The largest absolute Gasteiger partial charge is 0.462 e. The Bertz CT molecular complexity index is 233. The Morgan fingerprint density at radius 2 is 1.37 bits per heavy atom. The van der Waals surface area contributed by atoms with Crippen molar-refractivity contribution >= 4 is 5.97 Å². The normalized spacial score (nSPS) is 10.4. The second-order valence-electron chi connectivity index (χ2n) is 5.32.